The Morgan fingerprint density at radius 3 is 2.67 bits per heavy atom. The van der Waals surface area contributed by atoms with Gasteiger partial charge in [-0.1, -0.05) is 22.4 Å². The average Bonchev–Trinajstić information content (AvgIpc) is 2.44. The van der Waals surface area contributed by atoms with Crippen LogP contribution in [0.3, 0.4) is 0 Å². The van der Waals surface area contributed by atoms with E-state index < -0.39 is 5.41 Å². The van der Waals surface area contributed by atoms with Crippen LogP contribution in [0.15, 0.2) is 21.1 Å². The highest BCUT2D eigenvalue weighted by molar-refractivity contribution is 9.11. The predicted octanol–water partition coefficient (Wildman–Crippen LogP) is 4.28. The Hall–Kier alpha value is -0.390. The standard InChI is InChI=1S/C16H19Br2NO2/c1-16(9-19-5-3-2-4-6-19)10-21-14-12(15(16)20)7-11(17)8-13(14)18/h7-8H,2-6,9-10H2,1H3. The first-order valence-electron chi connectivity index (χ1n) is 7.39. The lowest BCUT2D eigenvalue weighted by Crippen LogP contribution is -2.48. The number of carbonyl (C=O) groups excluding carboxylic acids is 1. The fourth-order valence-electron chi connectivity index (χ4n) is 3.23. The second kappa shape index (κ2) is 6.01. The number of Topliss-reactive ketones (excluding diaryl/α,β-unsaturated/α-hetero) is 1. The van der Waals surface area contributed by atoms with Gasteiger partial charge in [-0.3, -0.25) is 4.79 Å². The third-order valence-electron chi connectivity index (χ3n) is 4.36. The van der Waals surface area contributed by atoms with Crippen LogP contribution in [0.2, 0.25) is 0 Å². The maximum Gasteiger partial charge on any atom is 0.177 e. The Bertz CT molecular complexity index is 570. The van der Waals surface area contributed by atoms with Gasteiger partial charge in [0.05, 0.1) is 15.5 Å². The van der Waals surface area contributed by atoms with Crippen LogP contribution in [0.5, 0.6) is 5.75 Å². The first kappa shape index (κ1) is 15.5. The van der Waals surface area contributed by atoms with Crippen LogP contribution in [0.4, 0.5) is 0 Å². The van der Waals surface area contributed by atoms with Crippen molar-refractivity contribution in [3.8, 4) is 5.75 Å². The van der Waals surface area contributed by atoms with Crippen molar-refractivity contribution < 1.29 is 9.53 Å². The number of carbonyl (C=O) groups is 1. The van der Waals surface area contributed by atoms with Crippen LogP contribution in [-0.4, -0.2) is 36.9 Å². The van der Waals surface area contributed by atoms with E-state index in [0.29, 0.717) is 17.9 Å². The number of benzene rings is 1. The fraction of sp³-hybridized carbons (Fsp3) is 0.562. The molecular weight excluding hydrogens is 398 g/mol. The Balaban J connectivity index is 1.86. The van der Waals surface area contributed by atoms with E-state index in [-0.39, 0.29) is 5.78 Å². The lowest BCUT2D eigenvalue weighted by atomic mass is 9.80. The minimum absolute atomic E-state index is 0.191. The van der Waals surface area contributed by atoms with Crippen molar-refractivity contribution in [1.29, 1.82) is 0 Å². The molecule has 1 unspecified atom stereocenters. The molecule has 0 radical (unpaired) electrons. The monoisotopic (exact) mass is 415 g/mol. The van der Waals surface area contributed by atoms with Gasteiger partial charge in [-0.15, -0.1) is 0 Å². The van der Waals surface area contributed by atoms with Crippen LogP contribution in [0.1, 0.15) is 36.5 Å². The number of nitrogens with zero attached hydrogens (tertiary/aromatic N) is 1. The molecule has 1 fully saturated rings. The molecule has 0 aliphatic carbocycles. The highest BCUT2D eigenvalue weighted by Gasteiger charge is 2.42. The van der Waals surface area contributed by atoms with Gasteiger partial charge < -0.3 is 9.64 Å². The number of fused-ring (bicyclic) bond motifs is 1. The number of hydrogen-bond acceptors (Lipinski definition) is 3. The van der Waals surface area contributed by atoms with Gasteiger partial charge in [0, 0.05) is 11.0 Å². The van der Waals surface area contributed by atoms with Gasteiger partial charge in [0.25, 0.3) is 0 Å². The van der Waals surface area contributed by atoms with Gasteiger partial charge >= 0.3 is 0 Å². The molecule has 2 aliphatic rings. The summed E-state index contributed by atoms with van der Waals surface area (Å²) in [5.74, 6) is 0.871. The summed E-state index contributed by atoms with van der Waals surface area (Å²) in [5.41, 5.74) is 0.229. The lowest BCUT2D eigenvalue weighted by Gasteiger charge is -2.39. The van der Waals surface area contributed by atoms with Gasteiger partial charge in [0.15, 0.2) is 5.78 Å². The molecule has 114 valence electrons. The van der Waals surface area contributed by atoms with E-state index in [4.69, 9.17) is 4.74 Å². The number of halogens is 2. The van der Waals surface area contributed by atoms with Crippen molar-refractivity contribution in [2.24, 2.45) is 5.41 Å². The number of ether oxygens (including phenoxy) is 1. The van der Waals surface area contributed by atoms with Crippen LogP contribution in [0.25, 0.3) is 0 Å². The van der Waals surface area contributed by atoms with Crippen molar-refractivity contribution in [2.45, 2.75) is 26.2 Å². The quantitative estimate of drug-likeness (QED) is 0.720. The Morgan fingerprint density at radius 2 is 1.95 bits per heavy atom. The second-order valence-electron chi connectivity index (χ2n) is 6.28. The largest absolute Gasteiger partial charge is 0.491 e. The Kier molecular flexibility index (Phi) is 4.44. The third kappa shape index (κ3) is 3.06. The molecule has 2 aliphatic heterocycles. The zero-order valence-electron chi connectivity index (χ0n) is 12.1. The summed E-state index contributed by atoms with van der Waals surface area (Å²) in [7, 11) is 0. The first-order chi connectivity index (χ1) is 9.99. The van der Waals surface area contributed by atoms with E-state index >= 15 is 0 Å². The summed E-state index contributed by atoms with van der Waals surface area (Å²) in [5, 5.41) is 0. The van der Waals surface area contributed by atoms with Crippen molar-refractivity contribution in [2.75, 3.05) is 26.2 Å². The van der Waals surface area contributed by atoms with E-state index in [9.17, 15) is 4.79 Å². The van der Waals surface area contributed by atoms with Crippen LogP contribution >= 0.6 is 31.9 Å². The highest BCUT2D eigenvalue weighted by atomic mass is 79.9. The molecule has 3 nitrogen and oxygen atoms in total. The van der Waals surface area contributed by atoms with Crippen LogP contribution in [-0.2, 0) is 0 Å². The van der Waals surface area contributed by atoms with Crippen molar-refractivity contribution in [3.05, 3.63) is 26.6 Å². The van der Waals surface area contributed by atoms with Crippen LogP contribution < -0.4 is 4.74 Å². The Labute approximate surface area is 142 Å². The molecule has 0 N–H and O–H groups in total. The average molecular weight is 417 g/mol. The van der Waals surface area contributed by atoms with Crippen molar-refractivity contribution >= 4 is 37.6 Å². The topological polar surface area (TPSA) is 29.5 Å². The number of rotatable bonds is 2. The number of piperidine rings is 1. The van der Waals surface area contributed by atoms with Crippen LogP contribution in [0, 0.1) is 5.41 Å². The third-order valence-corrected chi connectivity index (χ3v) is 5.40. The molecule has 1 atom stereocenters. The highest BCUT2D eigenvalue weighted by Crippen LogP contribution is 2.41. The SMILES string of the molecule is CC1(CN2CCCCC2)COc2c(Br)cc(Br)cc2C1=O. The number of ketones is 1. The molecule has 3 rings (SSSR count). The number of hydrogen-bond donors (Lipinski definition) is 0. The summed E-state index contributed by atoms with van der Waals surface area (Å²) in [6, 6.07) is 3.79. The summed E-state index contributed by atoms with van der Waals surface area (Å²) < 4.78 is 7.65. The minimum Gasteiger partial charge on any atom is -0.491 e. The van der Waals surface area contributed by atoms with Gasteiger partial charge in [-0.2, -0.15) is 0 Å². The minimum atomic E-state index is -0.454. The molecule has 2 heterocycles. The summed E-state index contributed by atoms with van der Waals surface area (Å²) >= 11 is 6.94. The lowest BCUT2D eigenvalue weighted by molar-refractivity contribution is 0.0493. The maximum atomic E-state index is 13.0. The van der Waals surface area contributed by atoms with Gasteiger partial charge in [0.2, 0.25) is 0 Å². The molecule has 5 heteroatoms. The zero-order chi connectivity index (χ0) is 15.0. The predicted molar refractivity (Wildman–Crippen MR) is 90.1 cm³/mol. The number of likely N-dealkylation sites (tertiary alicyclic amines) is 1. The molecule has 1 aromatic rings. The smallest absolute Gasteiger partial charge is 0.177 e. The van der Waals surface area contributed by atoms with Gasteiger partial charge in [0.1, 0.15) is 12.4 Å². The van der Waals surface area contributed by atoms with E-state index in [1.54, 1.807) is 0 Å². The van der Waals surface area contributed by atoms with E-state index in [1.807, 2.05) is 19.1 Å². The molecule has 1 aromatic carbocycles. The van der Waals surface area contributed by atoms with E-state index in [2.05, 4.69) is 36.8 Å². The van der Waals surface area contributed by atoms with Gasteiger partial charge in [-0.05, 0) is 60.9 Å². The molecule has 0 saturated carbocycles. The maximum absolute atomic E-state index is 13.0. The molecule has 0 amide bonds. The second-order valence-corrected chi connectivity index (χ2v) is 8.05. The van der Waals surface area contributed by atoms with Crippen molar-refractivity contribution in [3.63, 3.8) is 0 Å². The molecule has 0 bridgehead atoms. The molecular formula is C16H19Br2NO2. The van der Waals surface area contributed by atoms with E-state index in [1.165, 1.54) is 19.3 Å². The van der Waals surface area contributed by atoms with Crippen molar-refractivity contribution in [1.82, 2.24) is 4.90 Å². The molecule has 1 saturated heterocycles. The molecule has 0 aromatic heterocycles. The summed E-state index contributed by atoms with van der Waals surface area (Å²) in [6.07, 6.45) is 3.78. The summed E-state index contributed by atoms with van der Waals surface area (Å²) in [4.78, 5) is 15.4. The Morgan fingerprint density at radius 1 is 1.24 bits per heavy atom. The first-order valence-corrected chi connectivity index (χ1v) is 8.97. The normalized spacial score (nSPS) is 26.3. The fourth-order valence-corrected chi connectivity index (χ4v) is 4.57. The molecule has 0 spiro atoms. The zero-order valence-corrected chi connectivity index (χ0v) is 15.3. The summed E-state index contributed by atoms with van der Waals surface area (Å²) in [6.45, 7) is 5.46. The van der Waals surface area contributed by atoms with Gasteiger partial charge in [-0.25, -0.2) is 0 Å². The van der Waals surface area contributed by atoms with E-state index in [0.717, 1.165) is 28.6 Å². The molecule has 21 heavy (non-hydrogen) atoms.